The van der Waals surface area contributed by atoms with Gasteiger partial charge in [-0.15, -0.1) is 0 Å². The summed E-state index contributed by atoms with van der Waals surface area (Å²) in [5.74, 6) is 0.599. The molecule has 0 atom stereocenters. The van der Waals surface area contributed by atoms with Gasteiger partial charge in [0.2, 0.25) is 0 Å². The van der Waals surface area contributed by atoms with Crippen molar-refractivity contribution in [3.63, 3.8) is 0 Å². The van der Waals surface area contributed by atoms with Crippen molar-refractivity contribution in [3.05, 3.63) is 61.7 Å². The minimum Gasteiger partial charge on any atom is -0.488 e. The Bertz CT molecular complexity index is 965. The topological polar surface area (TPSA) is 48.7 Å². The van der Waals surface area contributed by atoms with Gasteiger partial charge in [-0.2, -0.15) is 0 Å². The van der Waals surface area contributed by atoms with E-state index in [2.05, 4.69) is 15.9 Å². The maximum Gasteiger partial charge on any atom is 0.342 e. The molecule has 4 nitrogen and oxygen atoms in total. The number of carbonyl (C=O) groups excluding carboxylic acids is 1. The van der Waals surface area contributed by atoms with Crippen LogP contribution in [0, 0.1) is 6.92 Å². The fraction of sp³-hybridized carbons (Fsp3) is 0.167. The molecule has 3 aromatic rings. The predicted molar refractivity (Wildman–Crippen MR) is 101 cm³/mol. The van der Waals surface area contributed by atoms with Crippen LogP contribution in [0.25, 0.3) is 11.0 Å². The van der Waals surface area contributed by atoms with Gasteiger partial charge in [0, 0.05) is 21.0 Å². The second kappa shape index (κ2) is 7.28. The van der Waals surface area contributed by atoms with Crippen LogP contribution in [0.15, 0.2) is 39.2 Å². The quantitative estimate of drug-likeness (QED) is 0.452. The van der Waals surface area contributed by atoms with Crippen molar-refractivity contribution >= 4 is 56.1 Å². The number of halogens is 3. The first-order valence-electron chi connectivity index (χ1n) is 7.28. The summed E-state index contributed by atoms with van der Waals surface area (Å²) in [5, 5.41) is 1.72. The molecule has 0 saturated heterocycles. The zero-order valence-corrected chi connectivity index (χ0v) is 16.5. The molecule has 0 aliphatic rings. The van der Waals surface area contributed by atoms with E-state index in [4.69, 9.17) is 37.1 Å². The van der Waals surface area contributed by atoms with Gasteiger partial charge < -0.3 is 13.9 Å². The first-order valence-corrected chi connectivity index (χ1v) is 8.83. The molecule has 0 unspecified atom stereocenters. The molecule has 1 aromatic heterocycles. The third-order valence-corrected chi connectivity index (χ3v) is 4.91. The molecular formula is C18H13BrCl2O4. The van der Waals surface area contributed by atoms with Gasteiger partial charge in [0.25, 0.3) is 0 Å². The summed E-state index contributed by atoms with van der Waals surface area (Å²) in [6, 6.07) is 8.71. The Labute approximate surface area is 162 Å². The average molecular weight is 444 g/mol. The molecule has 0 bridgehead atoms. The van der Waals surface area contributed by atoms with Crippen LogP contribution in [0.3, 0.4) is 0 Å². The van der Waals surface area contributed by atoms with Crippen LogP contribution in [0.5, 0.6) is 5.75 Å². The van der Waals surface area contributed by atoms with Crippen LogP contribution in [0.4, 0.5) is 0 Å². The maximum absolute atomic E-state index is 12.0. The lowest BCUT2D eigenvalue weighted by Gasteiger charge is -2.10. The second-order valence-corrected chi connectivity index (χ2v) is 7.03. The molecule has 130 valence electrons. The average Bonchev–Trinajstić information content (AvgIpc) is 2.88. The first-order chi connectivity index (χ1) is 11.9. The van der Waals surface area contributed by atoms with Gasteiger partial charge in [-0.25, -0.2) is 4.79 Å². The van der Waals surface area contributed by atoms with Gasteiger partial charge in [-0.3, -0.25) is 0 Å². The van der Waals surface area contributed by atoms with Crippen molar-refractivity contribution in [2.24, 2.45) is 0 Å². The van der Waals surface area contributed by atoms with Crippen LogP contribution in [0.2, 0.25) is 10.0 Å². The normalized spacial score (nSPS) is 10.9. The minimum absolute atomic E-state index is 0.254. The number of hydrogen-bond donors (Lipinski definition) is 0. The van der Waals surface area contributed by atoms with E-state index in [1.165, 1.54) is 7.11 Å². The van der Waals surface area contributed by atoms with Crippen molar-refractivity contribution < 1.29 is 18.7 Å². The van der Waals surface area contributed by atoms with E-state index in [0.29, 0.717) is 42.6 Å². The monoisotopic (exact) mass is 442 g/mol. The molecule has 7 heteroatoms. The number of furan rings is 1. The third kappa shape index (κ3) is 3.64. The Morgan fingerprint density at radius 2 is 2.00 bits per heavy atom. The molecular weight excluding hydrogens is 431 g/mol. The van der Waals surface area contributed by atoms with E-state index in [9.17, 15) is 4.79 Å². The van der Waals surface area contributed by atoms with E-state index in [-0.39, 0.29) is 6.61 Å². The molecule has 0 amide bonds. The highest BCUT2D eigenvalue weighted by molar-refractivity contribution is 9.10. The van der Waals surface area contributed by atoms with Crippen LogP contribution < -0.4 is 4.74 Å². The highest BCUT2D eigenvalue weighted by Gasteiger charge is 2.20. The largest absolute Gasteiger partial charge is 0.488 e. The number of hydrogen-bond acceptors (Lipinski definition) is 4. The number of rotatable bonds is 4. The number of methoxy groups -OCH3 is 1. The number of fused-ring (bicyclic) bond motifs is 1. The molecule has 0 fully saturated rings. The lowest BCUT2D eigenvalue weighted by atomic mass is 10.1. The molecule has 0 radical (unpaired) electrons. The molecule has 2 aromatic carbocycles. The Morgan fingerprint density at radius 1 is 1.24 bits per heavy atom. The molecule has 1 heterocycles. The molecule has 0 aliphatic carbocycles. The van der Waals surface area contributed by atoms with Crippen LogP contribution >= 0.6 is 39.1 Å². The number of esters is 1. The summed E-state index contributed by atoms with van der Waals surface area (Å²) >= 11 is 15.5. The van der Waals surface area contributed by atoms with E-state index in [0.717, 1.165) is 5.56 Å². The summed E-state index contributed by atoms with van der Waals surface area (Å²) in [6.07, 6.45) is 0. The third-order valence-electron chi connectivity index (χ3n) is 3.71. The van der Waals surface area contributed by atoms with Gasteiger partial charge in [0.1, 0.15) is 29.3 Å². The minimum atomic E-state index is -0.453. The van der Waals surface area contributed by atoms with Crippen molar-refractivity contribution in [2.45, 2.75) is 13.5 Å². The Kier molecular flexibility index (Phi) is 5.27. The zero-order valence-electron chi connectivity index (χ0n) is 13.4. The van der Waals surface area contributed by atoms with Gasteiger partial charge in [-0.05, 0) is 47.1 Å². The highest BCUT2D eigenvalue weighted by atomic mass is 79.9. The molecule has 0 spiro atoms. The summed E-state index contributed by atoms with van der Waals surface area (Å²) in [4.78, 5) is 12.0. The molecule has 25 heavy (non-hydrogen) atoms. The van der Waals surface area contributed by atoms with Crippen molar-refractivity contribution in [1.29, 1.82) is 0 Å². The van der Waals surface area contributed by atoms with E-state index < -0.39 is 5.97 Å². The summed E-state index contributed by atoms with van der Waals surface area (Å²) < 4.78 is 17.0. The molecule has 0 saturated carbocycles. The van der Waals surface area contributed by atoms with Crippen molar-refractivity contribution in [2.75, 3.05) is 7.11 Å². The summed E-state index contributed by atoms with van der Waals surface area (Å²) in [5.41, 5.74) is 1.76. The summed E-state index contributed by atoms with van der Waals surface area (Å²) in [6.45, 7) is 1.97. The number of ether oxygens (including phenoxy) is 2. The van der Waals surface area contributed by atoms with Gasteiger partial charge >= 0.3 is 5.97 Å². The van der Waals surface area contributed by atoms with E-state index in [1.54, 1.807) is 37.3 Å². The summed E-state index contributed by atoms with van der Waals surface area (Å²) in [7, 11) is 1.33. The molecule has 3 rings (SSSR count). The van der Waals surface area contributed by atoms with E-state index in [1.807, 2.05) is 0 Å². The van der Waals surface area contributed by atoms with E-state index >= 15 is 0 Å². The van der Waals surface area contributed by atoms with Gasteiger partial charge in [-0.1, -0.05) is 29.3 Å². The van der Waals surface area contributed by atoms with Gasteiger partial charge in [0.05, 0.1) is 11.6 Å². The maximum atomic E-state index is 12.0. The fourth-order valence-corrected chi connectivity index (χ4v) is 3.38. The smallest absolute Gasteiger partial charge is 0.342 e. The lowest BCUT2D eigenvalue weighted by molar-refractivity contribution is 0.0601. The highest BCUT2D eigenvalue weighted by Crippen LogP contribution is 2.36. The van der Waals surface area contributed by atoms with Crippen molar-refractivity contribution in [3.8, 4) is 5.75 Å². The van der Waals surface area contributed by atoms with Crippen LogP contribution in [-0.2, 0) is 11.3 Å². The standard InChI is InChI=1S/C18H13BrCl2O4/c1-9-17(18(22)23-2)12-6-16(13(19)7-15(12)25-9)24-8-10-3-4-11(20)5-14(10)21/h3-7H,8H2,1-2H3. The SMILES string of the molecule is COC(=O)c1c(C)oc2cc(Br)c(OCc3ccc(Cl)cc3Cl)cc12. The van der Waals surface area contributed by atoms with Crippen LogP contribution in [0.1, 0.15) is 21.7 Å². The Hall–Kier alpha value is -1.69. The second-order valence-electron chi connectivity index (χ2n) is 5.33. The number of aryl methyl sites for hydroxylation is 1. The zero-order chi connectivity index (χ0) is 18.1. The van der Waals surface area contributed by atoms with Crippen LogP contribution in [-0.4, -0.2) is 13.1 Å². The molecule has 0 N–H and O–H groups in total. The predicted octanol–water partition coefficient (Wildman–Crippen LogP) is 6.18. The number of carbonyl (C=O) groups is 1. The fourth-order valence-electron chi connectivity index (χ4n) is 2.48. The van der Waals surface area contributed by atoms with Crippen molar-refractivity contribution in [1.82, 2.24) is 0 Å². The number of benzene rings is 2. The first kappa shape index (κ1) is 18.1. The molecule has 0 aliphatic heterocycles. The lowest BCUT2D eigenvalue weighted by Crippen LogP contribution is -2.02. The Balaban J connectivity index is 1.96. The Morgan fingerprint density at radius 3 is 2.68 bits per heavy atom. The van der Waals surface area contributed by atoms with Gasteiger partial charge in [0.15, 0.2) is 0 Å².